The summed E-state index contributed by atoms with van der Waals surface area (Å²) in [5, 5.41) is 8.78. The van der Waals surface area contributed by atoms with E-state index in [0.29, 0.717) is 28.1 Å². The second-order valence-corrected chi connectivity index (χ2v) is 9.03. The number of carbonyl (C=O) groups is 1. The molecule has 0 saturated heterocycles. The van der Waals surface area contributed by atoms with Gasteiger partial charge in [-0.1, -0.05) is 6.07 Å². The molecule has 6 nitrogen and oxygen atoms in total. The number of carbonyl (C=O) groups excluding carboxylic acids is 1. The Labute approximate surface area is 179 Å². The van der Waals surface area contributed by atoms with Gasteiger partial charge in [-0.25, -0.2) is 17.2 Å². The van der Waals surface area contributed by atoms with Crippen molar-refractivity contribution in [3.05, 3.63) is 88.2 Å². The molecule has 0 amide bonds. The van der Waals surface area contributed by atoms with E-state index in [9.17, 15) is 22.0 Å². The Bertz CT molecular complexity index is 1220. The molecule has 2 aromatic carbocycles. The lowest BCUT2D eigenvalue weighted by Gasteiger charge is -2.11. The second-order valence-electron chi connectivity index (χ2n) is 7.19. The molecule has 164 valence electrons. The minimum atomic E-state index is -3.75. The number of hydrogen-bond acceptors (Lipinski definition) is 4. The topological polar surface area (TPSA) is 88.4 Å². The van der Waals surface area contributed by atoms with Crippen molar-refractivity contribution < 1.29 is 27.1 Å². The summed E-state index contributed by atoms with van der Waals surface area (Å²) in [7, 11) is -2.05. The molecular formula is C22H22F2N2O4S. The molecule has 0 spiro atoms. The molecule has 0 saturated carbocycles. The van der Waals surface area contributed by atoms with Gasteiger partial charge in [0.25, 0.3) is 0 Å². The third-order valence-corrected chi connectivity index (χ3v) is 6.17. The summed E-state index contributed by atoms with van der Waals surface area (Å²) in [4.78, 5) is 12.9. The quantitative estimate of drug-likeness (QED) is 0.518. The van der Waals surface area contributed by atoms with Crippen LogP contribution < -0.4 is 4.72 Å². The highest BCUT2D eigenvalue weighted by atomic mass is 32.2. The summed E-state index contributed by atoms with van der Waals surface area (Å²) in [6.45, 7) is 1.23. The molecule has 3 aromatic rings. The van der Waals surface area contributed by atoms with E-state index in [-0.39, 0.29) is 17.9 Å². The molecule has 0 atom stereocenters. The number of hydrogen-bond donors (Lipinski definition) is 2. The smallest absolute Gasteiger partial charge is 0.234 e. The van der Waals surface area contributed by atoms with Crippen molar-refractivity contribution in [2.75, 3.05) is 17.1 Å². The third-order valence-electron chi connectivity index (χ3n) is 4.90. The first-order valence-corrected chi connectivity index (χ1v) is 11.1. The van der Waals surface area contributed by atoms with Crippen molar-refractivity contribution in [2.24, 2.45) is 7.05 Å². The van der Waals surface area contributed by atoms with E-state index in [0.717, 1.165) is 6.07 Å². The summed E-state index contributed by atoms with van der Waals surface area (Å²) in [5.41, 5.74) is 2.56. The van der Waals surface area contributed by atoms with Crippen LogP contribution in [-0.2, 0) is 23.5 Å². The van der Waals surface area contributed by atoms with Crippen molar-refractivity contribution >= 4 is 21.5 Å². The Hall–Kier alpha value is -3.04. The predicted octanol–water partition coefficient (Wildman–Crippen LogP) is 3.17. The van der Waals surface area contributed by atoms with Gasteiger partial charge in [0, 0.05) is 24.7 Å². The first-order valence-electron chi connectivity index (χ1n) is 9.46. The number of nitrogens with one attached hydrogen (secondary N) is 1. The van der Waals surface area contributed by atoms with Crippen LogP contribution in [0.15, 0.2) is 48.5 Å². The van der Waals surface area contributed by atoms with Crippen molar-refractivity contribution in [3.8, 4) is 0 Å². The van der Waals surface area contributed by atoms with E-state index in [1.54, 1.807) is 24.6 Å². The minimum absolute atomic E-state index is 0.0601. The molecule has 0 aliphatic heterocycles. The summed E-state index contributed by atoms with van der Waals surface area (Å²) >= 11 is 0. The number of sulfonamides is 1. The summed E-state index contributed by atoms with van der Waals surface area (Å²) < 4.78 is 55.1. The van der Waals surface area contributed by atoms with Gasteiger partial charge in [-0.3, -0.25) is 9.52 Å². The monoisotopic (exact) mass is 448 g/mol. The standard InChI is InChI=1S/C22H22F2N2O4S/c1-14-11-19(26(2)21(14)22(28)15-3-6-17(23)7-4-15)12-16-5-8-18(13-20(16)24)25-31(29,30)10-9-27/h3-8,11,13,25,27H,9-10,12H2,1-2H3. The van der Waals surface area contributed by atoms with Crippen LogP contribution in [0.4, 0.5) is 14.5 Å². The fourth-order valence-electron chi connectivity index (χ4n) is 3.36. The number of aryl methyl sites for hydroxylation is 1. The largest absolute Gasteiger partial charge is 0.395 e. The number of halogens is 2. The van der Waals surface area contributed by atoms with E-state index in [1.807, 2.05) is 0 Å². The van der Waals surface area contributed by atoms with Crippen LogP contribution in [0.3, 0.4) is 0 Å². The summed E-state index contributed by atoms with van der Waals surface area (Å²) in [5.74, 6) is -1.78. The van der Waals surface area contributed by atoms with E-state index in [4.69, 9.17) is 5.11 Å². The lowest BCUT2D eigenvalue weighted by Crippen LogP contribution is -2.19. The predicted molar refractivity (Wildman–Crippen MR) is 114 cm³/mol. The van der Waals surface area contributed by atoms with Gasteiger partial charge in [0.15, 0.2) is 0 Å². The fraction of sp³-hybridized carbons (Fsp3) is 0.227. The van der Waals surface area contributed by atoms with E-state index >= 15 is 0 Å². The van der Waals surface area contributed by atoms with E-state index in [1.165, 1.54) is 36.4 Å². The van der Waals surface area contributed by atoms with E-state index < -0.39 is 34.0 Å². The maximum atomic E-state index is 14.6. The zero-order chi connectivity index (χ0) is 22.8. The van der Waals surface area contributed by atoms with Crippen LogP contribution in [0, 0.1) is 18.6 Å². The molecular weight excluding hydrogens is 426 g/mol. The molecule has 0 aliphatic carbocycles. The van der Waals surface area contributed by atoms with Gasteiger partial charge in [0.05, 0.1) is 23.7 Å². The van der Waals surface area contributed by atoms with Crippen molar-refractivity contribution in [1.29, 1.82) is 0 Å². The van der Waals surface area contributed by atoms with Gasteiger partial charge in [-0.2, -0.15) is 0 Å². The van der Waals surface area contributed by atoms with Crippen LogP contribution in [0.1, 0.15) is 32.9 Å². The SMILES string of the molecule is Cc1cc(Cc2ccc(NS(=O)(=O)CCO)cc2F)n(C)c1C(=O)c1ccc(F)cc1. The highest BCUT2D eigenvalue weighted by Gasteiger charge is 2.19. The number of nitrogens with zero attached hydrogens (tertiary/aromatic N) is 1. The lowest BCUT2D eigenvalue weighted by atomic mass is 10.1. The number of aromatic nitrogens is 1. The van der Waals surface area contributed by atoms with Gasteiger partial charge >= 0.3 is 0 Å². The average molecular weight is 448 g/mol. The van der Waals surface area contributed by atoms with Crippen molar-refractivity contribution in [2.45, 2.75) is 13.3 Å². The number of anilines is 1. The van der Waals surface area contributed by atoms with Gasteiger partial charge in [-0.15, -0.1) is 0 Å². The highest BCUT2D eigenvalue weighted by molar-refractivity contribution is 7.92. The Morgan fingerprint density at radius 2 is 1.77 bits per heavy atom. The van der Waals surface area contributed by atoms with Crippen LogP contribution in [0.2, 0.25) is 0 Å². The molecule has 31 heavy (non-hydrogen) atoms. The molecule has 0 aliphatic rings. The zero-order valence-electron chi connectivity index (χ0n) is 17.0. The van der Waals surface area contributed by atoms with Crippen LogP contribution in [-0.4, -0.2) is 36.2 Å². The number of aliphatic hydroxyl groups excluding tert-OH is 1. The molecule has 0 bridgehead atoms. The maximum Gasteiger partial charge on any atom is 0.234 e. The molecule has 1 heterocycles. The minimum Gasteiger partial charge on any atom is -0.395 e. The summed E-state index contributed by atoms with van der Waals surface area (Å²) in [6, 6.07) is 11.0. The normalized spacial score (nSPS) is 11.5. The number of aliphatic hydroxyl groups is 1. The van der Waals surface area contributed by atoms with Crippen LogP contribution in [0.25, 0.3) is 0 Å². The third kappa shape index (κ3) is 5.18. The fourth-order valence-corrected chi connectivity index (χ4v) is 4.19. The Morgan fingerprint density at radius 3 is 2.39 bits per heavy atom. The first-order chi connectivity index (χ1) is 14.6. The second kappa shape index (κ2) is 8.99. The highest BCUT2D eigenvalue weighted by Crippen LogP contribution is 2.23. The van der Waals surface area contributed by atoms with E-state index in [2.05, 4.69) is 4.72 Å². The van der Waals surface area contributed by atoms with Crippen LogP contribution >= 0.6 is 0 Å². The number of rotatable bonds is 8. The molecule has 3 rings (SSSR count). The van der Waals surface area contributed by atoms with Crippen LogP contribution in [0.5, 0.6) is 0 Å². The Kier molecular flexibility index (Phi) is 6.56. The van der Waals surface area contributed by atoms with Gasteiger partial charge in [0.1, 0.15) is 11.6 Å². The van der Waals surface area contributed by atoms with Crippen molar-refractivity contribution in [1.82, 2.24) is 4.57 Å². The van der Waals surface area contributed by atoms with Gasteiger partial charge in [-0.05, 0) is 60.5 Å². The van der Waals surface area contributed by atoms with Crippen molar-refractivity contribution in [3.63, 3.8) is 0 Å². The van der Waals surface area contributed by atoms with Gasteiger partial charge in [0.2, 0.25) is 15.8 Å². The lowest BCUT2D eigenvalue weighted by molar-refractivity contribution is 0.103. The first kappa shape index (κ1) is 22.6. The zero-order valence-corrected chi connectivity index (χ0v) is 17.8. The molecule has 9 heteroatoms. The molecule has 0 radical (unpaired) electrons. The molecule has 0 unspecified atom stereocenters. The molecule has 0 fully saturated rings. The molecule has 1 aromatic heterocycles. The average Bonchev–Trinajstić information content (AvgIpc) is 2.97. The Morgan fingerprint density at radius 1 is 1.10 bits per heavy atom. The molecule has 2 N–H and O–H groups in total. The summed E-state index contributed by atoms with van der Waals surface area (Å²) in [6.07, 6.45) is 0.184. The van der Waals surface area contributed by atoms with Gasteiger partial charge < -0.3 is 9.67 Å². The Balaban J connectivity index is 1.84. The maximum absolute atomic E-state index is 14.6. The number of benzene rings is 2. The number of ketones is 1.